The summed E-state index contributed by atoms with van der Waals surface area (Å²) >= 11 is 0. The Morgan fingerprint density at radius 3 is 2.48 bits per heavy atom. The van der Waals surface area contributed by atoms with Gasteiger partial charge in [-0.3, -0.25) is 0 Å². The lowest BCUT2D eigenvalue weighted by Gasteiger charge is -2.30. The molecule has 1 saturated heterocycles. The van der Waals surface area contributed by atoms with Gasteiger partial charge in [-0.1, -0.05) is 41.6 Å². The average molecular weight is 362 g/mol. The van der Waals surface area contributed by atoms with Crippen molar-refractivity contribution >= 4 is 16.1 Å². The second-order valence-corrected chi connectivity index (χ2v) is 8.20. The van der Waals surface area contributed by atoms with E-state index in [0.29, 0.717) is 24.5 Å². The fraction of sp³-hybridized carbons (Fsp3) is 0.389. The highest BCUT2D eigenvalue weighted by Gasteiger charge is 2.34. The average Bonchev–Trinajstić information content (AvgIpc) is 2.95. The second-order valence-electron chi connectivity index (χ2n) is 6.32. The minimum Gasteiger partial charge on any atom is -0.360 e. The topological polar surface area (TPSA) is 67.9 Å². The molecule has 0 unspecified atom stereocenters. The maximum absolute atomic E-state index is 12.8. The number of nitrogens with one attached hydrogen (secondary N) is 1. The summed E-state index contributed by atoms with van der Waals surface area (Å²) < 4.78 is 32.2. The number of hydrogen-bond acceptors (Lipinski definition) is 4. The molecule has 1 aromatic heterocycles. The predicted octanol–water partition coefficient (Wildman–Crippen LogP) is 0.894. The number of aromatic nitrogens is 1. The molecular formula is C18H24N3O3S+. The van der Waals surface area contributed by atoms with Gasteiger partial charge in [0.25, 0.3) is 0 Å². The van der Waals surface area contributed by atoms with Crippen LogP contribution in [0.1, 0.15) is 17.0 Å². The molecule has 0 bridgehead atoms. The Hall–Kier alpha value is -1.96. The summed E-state index contributed by atoms with van der Waals surface area (Å²) in [7, 11) is -3.52. The van der Waals surface area contributed by atoms with Gasteiger partial charge in [0.2, 0.25) is 10.0 Å². The molecule has 134 valence electrons. The molecule has 1 aliphatic rings. The quantitative estimate of drug-likeness (QED) is 0.858. The monoisotopic (exact) mass is 362 g/mol. The number of piperazine rings is 1. The third-order valence-corrected chi connectivity index (χ3v) is 6.66. The van der Waals surface area contributed by atoms with Crippen molar-refractivity contribution in [1.82, 2.24) is 9.46 Å². The maximum Gasteiger partial charge on any atom is 0.248 e. The third kappa shape index (κ3) is 4.00. The van der Waals surface area contributed by atoms with Crippen LogP contribution in [0.15, 0.2) is 45.8 Å². The lowest BCUT2D eigenvalue weighted by Crippen LogP contribution is -3.14. The smallest absolute Gasteiger partial charge is 0.248 e. The molecular weight excluding hydrogens is 338 g/mol. The molecule has 0 spiro atoms. The van der Waals surface area contributed by atoms with E-state index in [4.69, 9.17) is 4.52 Å². The zero-order chi connectivity index (χ0) is 17.9. The summed E-state index contributed by atoms with van der Waals surface area (Å²) in [6, 6.07) is 10.2. The van der Waals surface area contributed by atoms with Crippen LogP contribution >= 0.6 is 0 Å². The highest BCUT2D eigenvalue weighted by Crippen LogP contribution is 2.23. The fourth-order valence-electron chi connectivity index (χ4n) is 3.14. The molecule has 6 nitrogen and oxygen atoms in total. The van der Waals surface area contributed by atoms with Crippen molar-refractivity contribution in [2.75, 3.05) is 32.7 Å². The number of benzene rings is 1. The second kappa shape index (κ2) is 7.51. The zero-order valence-corrected chi connectivity index (χ0v) is 15.4. The zero-order valence-electron chi connectivity index (χ0n) is 14.6. The van der Waals surface area contributed by atoms with Gasteiger partial charge in [0.15, 0.2) is 5.76 Å². The highest BCUT2D eigenvalue weighted by molar-refractivity contribution is 7.89. The van der Waals surface area contributed by atoms with Gasteiger partial charge < -0.3 is 9.42 Å². The van der Waals surface area contributed by atoms with E-state index in [1.807, 2.05) is 18.2 Å². The van der Waals surface area contributed by atoms with Gasteiger partial charge in [-0.15, -0.1) is 0 Å². The van der Waals surface area contributed by atoms with Crippen LogP contribution in [0.3, 0.4) is 0 Å². The lowest BCUT2D eigenvalue weighted by atomic mass is 10.2. The molecule has 25 heavy (non-hydrogen) atoms. The Morgan fingerprint density at radius 2 is 1.88 bits per heavy atom. The number of hydrogen-bond donors (Lipinski definition) is 1. The van der Waals surface area contributed by atoms with Gasteiger partial charge >= 0.3 is 0 Å². The van der Waals surface area contributed by atoms with Crippen molar-refractivity contribution in [1.29, 1.82) is 0 Å². The van der Waals surface area contributed by atoms with Gasteiger partial charge in [-0.25, -0.2) is 8.42 Å². The molecule has 1 aromatic carbocycles. The molecule has 1 N–H and O–H groups in total. The van der Waals surface area contributed by atoms with Gasteiger partial charge in [0.1, 0.15) is 10.6 Å². The van der Waals surface area contributed by atoms with E-state index in [-0.39, 0.29) is 4.90 Å². The molecule has 2 heterocycles. The van der Waals surface area contributed by atoms with Gasteiger partial charge in [0, 0.05) is 0 Å². The van der Waals surface area contributed by atoms with Crippen LogP contribution in [-0.4, -0.2) is 50.6 Å². The van der Waals surface area contributed by atoms with E-state index >= 15 is 0 Å². The van der Waals surface area contributed by atoms with Crippen LogP contribution < -0.4 is 4.90 Å². The lowest BCUT2D eigenvalue weighted by molar-refractivity contribution is -0.897. The molecule has 2 aromatic rings. The summed E-state index contributed by atoms with van der Waals surface area (Å²) in [6.07, 6.45) is 4.27. The maximum atomic E-state index is 12.8. The Balaban J connectivity index is 1.58. The summed E-state index contributed by atoms with van der Waals surface area (Å²) in [5.74, 6) is 0.359. The minimum absolute atomic E-state index is 0.222. The first-order chi connectivity index (χ1) is 12.0. The largest absolute Gasteiger partial charge is 0.360 e. The van der Waals surface area contributed by atoms with E-state index in [1.54, 1.807) is 18.2 Å². The molecule has 0 radical (unpaired) electrons. The molecule has 7 heteroatoms. The van der Waals surface area contributed by atoms with Gasteiger partial charge in [-0.05, 0) is 25.5 Å². The van der Waals surface area contributed by atoms with Crippen molar-refractivity contribution in [3.63, 3.8) is 0 Å². The summed E-state index contributed by atoms with van der Waals surface area (Å²) in [5, 5.41) is 3.77. The van der Waals surface area contributed by atoms with Crippen molar-refractivity contribution in [3.8, 4) is 0 Å². The highest BCUT2D eigenvalue weighted by atomic mass is 32.2. The Morgan fingerprint density at radius 1 is 1.20 bits per heavy atom. The molecule has 0 amide bonds. The fourth-order valence-corrected chi connectivity index (χ4v) is 4.88. The summed E-state index contributed by atoms with van der Waals surface area (Å²) in [6.45, 7) is 6.82. The SMILES string of the molecule is Cc1noc(C)c1S(=O)(=O)N1CC[NH+](C/C=C/c2ccccc2)CC1. The van der Waals surface area contributed by atoms with Crippen LogP contribution in [0.4, 0.5) is 0 Å². The van der Waals surface area contributed by atoms with Crippen molar-refractivity contribution in [2.24, 2.45) is 0 Å². The Kier molecular flexibility index (Phi) is 5.36. The predicted molar refractivity (Wildman–Crippen MR) is 95.8 cm³/mol. The molecule has 3 rings (SSSR count). The first kappa shape index (κ1) is 17.8. The van der Waals surface area contributed by atoms with Crippen LogP contribution in [0.2, 0.25) is 0 Å². The number of aryl methyl sites for hydroxylation is 2. The molecule has 1 aliphatic heterocycles. The number of rotatable bonds is 5. The van der Waals surface area contributed by atoms with Crippen LogP contribution in [-0.2, 0) is 10.0 Å². The van der Waals surface area contributed by atoms with E-state index < -0.39 is 10.0 Å². The van der Waals surface area contributed by atoms with Crippen LogP contribution in [0, 0.1) is 13.8 Å². The van der Waals surface area contributed by atoms with Crippen molar-refractivity contribution in [2.45, 2.75) is 18.7 Å². The van der Waals surface area contributed by atoms with Crippen molar-refractivity contribution in [3.05, 3.63) is 53.4 Å². The Labute approximate surface area is 148 Å². The third-order valence-electron chi connectivity index (χ3n) is 4.51. The number of sulfonamides is 1. The summed E-state index contributed by atoms with van der Waals surface area (Å²) in [5.41, 5.74) is 1.61. The normalized spacial score (nSPS) is 17.4. The number of nitrogens with zero attached hydrogens (tertiary/aromatic N) is 2. The van der Waals surface area contributed by atoms with E-state index in [9.17, 15) is 8.42 Å². The summed E-state index contributed by atoms with van der Waals surface area (Å²) in [4.78, 5) is 1.61. The molecule has 0 aliphatic carbocycles. The molecule has 0 atom stereocenters. The van der Waals surface area contributed by atoms with E-state index in [0.717, 1.165) is 19.6 Å². The van der Waals surface area contributed by atoms with Gasteiger partial charge in [0.05, 0.1) is 32.7 Å². The van der Waals surface area contributed by atoms with Gasteiger partial charge in [-0.2, -0.15) is 4.31 Å². The van der Waals surface area contributed by atoms with Crippen LogP contribution in [0.25, 0.3) is 6.08 Å². The molecule has 1 fully saturated rings. The Bertz CT molecular complexity index is 816. The molecule has 0 saturated carbocycles. The first-order valence-corrected chi connectivity index (χ1v) is 9.90. The minimum atomic E-state index is -3.52. The van der Waals surface area contributed by atoms with Crippen LogP contribution in [0.5, 0.6) is 0 Å². The van der Waals surface area contributed by atoms with Crippen molar-refractivity contribution < 1.29 is 17.8 Å². The standard InChI is InChI=1S/C18H23N3O3S/c1-15-18(16(2)24-19-15)25(22,23)21-13-11-20(12-14-21)10-6-9-17-7-4-3-5-8-17/h3-9H,10-14H2,1-2H3/p+1/b9-6+. The first-order valence-electron chi connectivity index (χ1n) is 8.46. The number of quaternary nitrogens is 1. The van der Waals surface area contributed by atoms with E-state index in [1.165, 1.54) is 10.5 Å². The van der Waals surface area contributed by atoms with E-state index in [2.05, 4.69) is 29.4 Å².